The maximum atomic E-state index is 14.2. The lowest BCUT2D eigenvalue weighted by Crippen LogP contribution is -2.53. The molecule has 0 saturated heterocycles. The topological polar surface area (TPSA) is 105 Å². The molecule has 0 spiro atoms. The Balaban J connectivity index is 2.10. The zero-order valence-corrected chi connectivity index (χ0v) is 27.0. The third-order valence-corrected chi connectivity index (χ3v) is 9.35. The molecule has 0 aliphatic heterocycles. The summed E-state index contributed by atoms with van der Waals surface area (Å²) in [6.45, 7) is 7.19. The van der Waals surface area contributed by atoms with Crippen molar-refractivity contribution in [1.82, 2.24) is 10.2 Å². The molecule has 0 fully saturated rings. The number of nitrogens with one attached hydrogen (secondary N) is 1. The Bertz CT molecular complexity index is 1510. The molecule has 3 aromatic carbocycles. The number of amides is 2. The standard InChI is InChI=1S/C32H40ClN3O6S/c1-7-23(4)34-32(38)28(8-2)35(20-24-12-10-9-11-22(24)3)31(37)21-36(26-15-13-25(33)14-16-26)43(39,40)27-17-18-29(41-5)30(19-27)42-6/h9-19,23,28H,7-8,20-21H2,1-6H3,(H,34,38)/t23-,28+/m1/s1. The van der Waals surface area contributed by atoms with Crippen molar-refractivity contribution in [3.8, 4) is 11.5 Å². The minimum absolute atomic E-state index is 0.0899. The molecule has 0 saturated carbocycles. The van der Waals surface area contributed by atoms with Crippen molar-refractivity contribution in [1.29, 1.82) is 0 Å². The van der Waals surface area contributed by atoms with Crippen LogP contribution in [0.1, 0.15) is 44.7 Å². The van der Waals surface area contributed by atoms with Crippen molar-refractivity contribution in [2.45, 2.75) is 64.1 Å². The van der Waals surface area contributed by atoms with Crippen LogP contribution < -0.4 is 19.1 Å². The normalized spacial score (nSPS) is 12.6. The van der Waals surface area contributed by atoms with Crippen LogP contribution in [0.2, 0.25) is 5.02 Å². The summed E-state index contributed by atoms with van der Waals surface area (Å²) in [4.78, 5) is 29.0. The molecule has 232 valence electrons. The number of benzene rings is 3. The van der Waals surface area contributed by atoms with Gasteiger partial charge in [0.2, 0.25) is 11.8 Å². The lowest BCUT2D eigenvalue weighted by atomic mass is 10.1. The molecule has 3 aromatic rings. The molecule has 0 unspecified atom stereocenters. The number of aryl methyl sites for hydroxylation is 1. The lowest BCUT2D eigenvalue weighted by molar-refractivity contribution is -0.140. The Morgan fingerprint density at radius 3 is 2.16 bits per heavy atom. The molecule has 11 heteroatoms. The van der Waals surface area contributed by atoms with E-state index in [0.717, 1.165) is 21.9 Å². The molecule has 0 radical (unpaired) electrons. The van der Waals surface area contributed by atoms with E-state index in [1.165, 1.54) is 49.5 Å². The van der Waals surface area contributed by atoms with Crippen molar-refractivity contribution < 1.29 is 27.5 Å². The van der Waals surface area contributed by atoms with Gasteiger partial charge in [-0.15, -0.1) is 0 Å². The zero-order chi connectivity index (χ0) is 31.7. The number of anilines is 1. The largest absolute Gasteiger partial charge is 0.493 e. The number of nitrogens with zero attached hydrogens (tertiary/aromatic N) is 2. The van der Waals surface area contributed by atoms with Gasteiger partial charge in [-0.25, -0.2) is 8.42 Å². The van der Waals surface area contributed by atoms with Gasteiger partial charge in [0.05, 0.1) is 24.8 Å². The first-order chi connectivity index (χ1) is 20.5. The van der Waals surface area contributed by atoms with Gasteiger partial charge in [-0.2, -0.15) is 0 Å². The molecule has 0 aliphatic carbocycles. The summed E-state index contributed by atoms with van der Waals surface area (Å²) in [5.74, 6) is -0.244. The number of carbonyl (C=O) groups is 2. The van der Waals surface area contributed by atoms with E-state index >= 15 is 0 Å². The fourth-order valence-electron chi connectivity index (χ4n) is 4.57. The van der Waals surface area contributed by atoms with Crippen LogP contribution in [0.15, 0.2) is 71.6 Å². The second kappa shape index (κ2) is 15.1. The molecule has 9 nitrogen and oxygen atoms in total. The van der Waals surface area contributed by atoms with Crippen molar-refractivity contribution in [2.24, 2.45) is 0 Å². The van der Waals surface area contributed by atoms with Crippen molar-refractivity contribution in [3.63, 3.8) is 0 Å². The second-order valence-electron chi connectivity index (χ2n) is 10.2. The van der Waals surface area contributed by atoms with Crippen LogP contribution in [0.25, 0.3) is 0 Å². The Morgan fingerprint density at radius 2 is 1.58 bits per heavy atom. The molecule has 2 amide bonds. The molecular weight excluding hydrogens is 590 g/mol. The number of rotatable bonds is 14. The third-order valence-electron chi connectivity index (χ3n) is 7.33. The van der Waals surface area contributed by atoms with Gasteiger partial charge in [-0.3, -0.25) is 13.9 Å². The van der Waals surface area contributed by atoms with Gasteiger partial charge in [-0.05, 0) is 74.2 Å². The molecule has 0 aromatic heterocycles. The summed E-state index contributed by atoms with van der Waals surface area (Å²) in [6.07, 6.45) is 1.06. The SMILES string of the molecule is CC[C@@H](C)NC(=O)[C@H](CC)N(Cc1ccccc1C)C(=O)CN(c1ccc(Cl)cc1)S(=O)(=O)c1ccc(OC)c(OC)c1. The van der Waals surface area contributed by atoms with Gasteiger partial charge < -0.3 is 19.7 Å². The molecule has 0 heterocycles. The maximum absolute atomic E-state index is 14.2. The van der Waals surface area contributed by atoms with Crippen molar-refractivity contribution >= 4 is 39.1 Å². The zero-order valence-electron chi connectivity index (χ0n) is 25.5. The van der Waals surface area contributed by atoms with E-state index in [1.54, 1.807) is 12.1 Å². The van der Waals surface area contributed by atoms with Crippen LogP contribution in [0.4, 0.5) is 5.69 Å². The number of sulfonamides is 1. The minimum atomic E-state index is -4.30. The molecule has 1 N–H and O–H groups in total. The van der Waals surface area contributed by atoms with E-state index in [2.05, 4.69) is 5.32 Å². The summed E-state index contributed by atoms with van der Waals surface area (Å²) < 4.78 is 40.0. The van der Waals surface area contributed by atoms with E-state index in [0.29, 0.717) is 17.2 Å². The van der Waals surface area contributed by atoms with Crippen LogP contribution in [0.5, 0.6) is 11.5 Å². The van der Waals surface area contributed by atoms with Gasteiger partial charge in [0.15, 0.2) is 11.5 Å². The Morgan fingerprint density at radius 1 is 0.930 bits per heavy atom. The summed E-state index contributed by atoms with van der Waals surface area (Å²) in [6, 6.07) is 17.1. The van der Waals surface area contributed by atoms with Gasteiger partial charge >= 0.3 is 0 Å². The molecular formula is C32H40ClN3O6S. The van der Waals surface area contributed by atoms with Crippen LogP contribution in [0.3, 0.4) is 0 Å². The number of hydrogen-bond donors (Lipinski definition) is 1. The summed E-state index contributed by atoms with van der Waals surface area (Å²) in [5.41, 5.74) is 2.04. The summed E-state index contributed by atoms with van der Waals surface area (Å²) in [7, 11) is -1.44. The first-order valence-corrected chi connectivity index (χ1v) is 15.9. The number of halogens is 1. The van der Waals surface area contributed by atoms with Crippen LogP contribution in [0, 0.1) is 6.92 Å². The van der Waals surface area contributed by atoms with Crippen LogP contribution in [-0.2, 0) is 26.2 Å². The van der Waals surface area contributed by atoms with Gasteiger partial charge in [0, 0.05) is 23.7 Å². The Hall–Kier alpha value is -3.76. The average molecular weight is 630 g/mol. The fraction of sp³-hybridized carbons (Fsp3) is 0.375. The quantitative estimate of drug-likeness (QED) is 0.250. The highest BCUT2D eigenvalue weighted by Crippen LogP contribution is 2.33. The predicted octanol–water partition coefficient (Wildman–Crippen LogP) is 5.58. The molecule has 2 atom stereocenters. The number of ether oxygens (including phenoxy) is 2. The minimum Gasteiger partial charge on any atom is -0.493 e. The smallest absolute Gasteiger partial charge is 0.264 e. The number of hydrogen-bond acceptors (Lipinski definition) is 6. The average Bonchev–Trinajstić information content (AvgIpc) is 3.00. The van der Waals surface area contributed by atoms with E-state index in [-0.39, 0.29) is 34.8 Å². The fourth-order valence-corrected chi connectivity index (χ4v) is 6.13. The van der Waals surface area contributed by atoms with E-state index in [1.807, 2.05) is 52.0 Å². The van der Waals surface area contributed by atoms with Gasteiger partial charge in [0.25, 0.3) is 10.0 Å². The highest BCUT2D eigenvalue weighted by Gasteiger charge is 2.34. The van der Waals surface area contributed by atoms with Gasteiger partial charge in [0.1, 0.15) is 12.6 Å². The highest BCUT2D eigenvalue weighted by molar-refractivity contribution is 7.92. The third kappa shape index (κ3) is 8.20. The molecule has 43 heavy (non-hydrogen) atoms. The predicted molar refractivity (Wildman–Crippen MR) is 169 cm³/mol. The monoisotopic (exact) mass is 629 g/mol. The van der Waals surface area contributed by atoms with Crippen LogP contribution in [-0.4, -0.2) is 58.0 Å². The van der Waals surface area contributed by atoms with Crippen molar-refractivity contribution in [2.75, 3.05) is 25.1 Å². The van der Waals surface area contributed by atoms with Gasteiger partial charge in [-0.1, -0.05) is 49.7 Å². The molecule has 0 aliphatic rings. The number of carbonyl (C=O) groups excluding carboxylic acids is 2. The molecule has 0 bridgehead atoms. The first-order valence-electron chi connectivity index (χ1n) is 14.1. The summed E-state index contributed by atoms with van der Waals surface area (Å²) in [5, 5.41) is 3.39. The number of methoxy groups -OCH3 is 2. The highest BCUT2D eigenvalue weighted by atomic mass is 35.5. The lowest BCUT2D eigenvalue weighted by Gasteiger charge is -2.34. The molecule has 3 rings (SSSR count). The Labute approximate surface area is 259 Å². The second-order valence-corrected chi connectivity index (χ2v) is 12.5. The van der Waals surface area contributed by atoms with E-state index in [4.69, 9.17) is 21.1 Å². The maximum Gasteiger partial charge on any atom is 0.264 e. The Kier molecular flexibility index (Phi) is 11.9. The van der Waals surface area contributed by atoms with E-state index < -0.39 is 28.5 Å². The first kappa shape index (κ1) is 33.7. The van der Waals surface area contributed by atoms with Crippen molar-refractivity contribution in [3.05, 3.63) is 82.9 Å². The summed E-state index contributed by atoms with van der Waals surface area (Å²) >= 11 is 6.11. The van der Waals surface area contributed by atoms with Crippen LogP contribution >= 0.6 is 11.6 Å². The van der Waals surface area contributed by atoms with E-state index in [9.17, 15) is 18.0 Å².